The quantitative estimate of drug-likeness (QED) is 0.301. The molecule has 6 aromatic rings. The van der Waals surface area contributed by atoms with Gasteiger partial charge in [0.2, 0.25) is 0 Å². The van der Waals surface area contributed by atoms with Gasteiger partial charge in [0.25, 0.3) is 0 Å². The number of furan rings is 1. The zero-order chi connectivity index (χ0) is 19.9. The summed E-state index contributed by atoms with van der Waals surface area (Å²) in [4.78, 5) is 0. The van der Waals surface area contributed by atoms with Crippen molar-refractivity contribution in [1.29, 1.82) is 0 Å². The molecule has 1 heterocycles. The van der Waals surface area contributed by atoms with Gasteiger partial charge in [-0.05, 0) is 51.6 Å². The molecule has 0 N–H and O–H groups in total. The summed E-state index contributed by atoms with van der Waals surface area (Å²) < 4.78 is 6.16. The van der Waals surface area contributed by atoms with Gasteiger partial charge in [-0.2, -0.15) is 0 Å². The topological polar surface area (TPSA) is 13.1 Å². The Morgan fingerprint density at radius 2 is 1.27 bits per heavy atom. The number of rotatable bonds is 3. The average molecular weight is 384 g/mol. The zero-order valence-electron chi connectivity index (χ0n) is 16.5. The Bertz CT molecular complexity index is 1510. The lowest BCUT2D eigenvalue weighted by molar-refractivity contribution is 0.669. The minimum atomic E-state index is 0.876. The third kappa shape index (κ3) is 2.71. The largest absolute Gasteiger partial charge is 0.456 e. The van der Waals surface area contributed by atoms with Crippen LogP contribution in [0.3, 0.4) is 0 Å². The molecule has 0 fully saturated rings. The van der Waals surface area contributed by atoms with E-state index in [1.807, 2.05) is 6.07 Å². The molecule has 1 heteroatoms. The molecule has 6 rings (SSSR count). The van der Waals surface area contributed by atoms with Crippen LogP contribution in [0.15, 0.2) is 114 Å². The van der Waals surface area contributed by atoms with Crippen molar-refractivity contribution in [2.75, 3.05) is 0 Å². The van der Waals surface area contributed by atoms with E-state index in [-0.39, 0.29) is 0 Å². The molecular weight excluding hydrogens is 364 g/mol. The molecule has 0 spiro atoms. The van der Waals surface area contributed by atoms with Crippen LogP contribution in [0.4, 0.5) is 0 Å². The van der Waals surface area contributed by atoms with Crippen molar-refractivity contribution in [3.8, 4) is 11.1 Å². The van der Waals surface area contributed by atoms with Crippen LogP contribution in [0.5, 0.6) is 0 Å². The van der Waals surface area contributed by atoms with Gasteiger partial charge in [0.15, 0.2) is 0 Å². The smallest absolute Gasteiger partial charge is 0.136 e. The van der Waals surface area contributed by atoms with E-state index in [0.29, 0.717) is 0 Å². The molecule has 0 unspecified atom stereocenters. The van der Waals surface area contributed by atoms with Gasteiger partial charge in [-0.25, -0.2) is 0 Å². The third-order valence-corrected chi connectivity index (χ3v) is 5.95. The fourth-order valence-electron chi connectivity index (χ4n) is 4.60. The van der Waals surface area contributed by atoms with E-state index in [9.17, 15) is 0 Å². The number of para-hydroxylation sites is 1. The molecule has 0 aliphatic heterocycles. The van der Waals surface area contributed by atoms with Gasteiger partial charge in [0.1, 0.15) is 11.2 Å². The van der Waals surface area contributed by atoms with Crippen LogP contribution in [0.2, 0.25) is 0 Å². The number of benzene rings is 5. The summed E-state index contributed by atoms with van der Waals surface area (Å²) in [6.45, 7) is 0. The van der Waals surface area contributed by atoms with Crippen molar-refractivity contribution in [2.45, 2.75) is 6.42 Å². The van der Waals surface area contributed by atoms with Gasteiger partial charge >= 0.3 is 0 Å². The highest BCUT2D eigenvalue weighted by Crippen LogP contribution is 2.37. The summed E-state index contributed by atoms with van der Waals surface area (Å²) in [5.74, 6) is 0. The van der Waals surface area contributed by atoms with Gasteiger partial charge in [-0.1, -0.05) is 97.1 Å². The Morgan fingerprint density at radius 1 is 0.500 bits per heavy atom. The van der Waals surface area contributed by atoms with Crippen LogP contribution >= 0.6 is 0 Å². The van der Waals surface area contributed by atoms with E-state index < -0.39 is 0 Å². The first-order valence-corrected chi connectivity index (χ1v) is 10.3. The first-order chi connectivity index (χ1) is 14.9. The van der Waals surface area contributed by atoms with E-state index in [0.717, 1.165) is 17.6 Å². The van der Waals surface area contributed by atoms with E-state index in [1.54, 1.807) is 0 Å². The molecular formula is C29H20O. The summed E-state index contributed by atoms with van der Waals surface area (Å²) in [6.07, 6.45) is 0.876. The summed E-state index contributed by atoms with van der Waals surface area (Å²) >= 11 is 0. The lowest BCUT2D eigenvalue weighted by Crippen LogP contribution is -1.94. The summed E-state index contributed by atoms with van der Waals surface area (Å²) in [5, 5.41) is 4.95. The Balaban J connectivity index is 1.60. The third-order valence-electron chi connectivity index (χ3n) is 5.95. The van der Waals surface area contributed by atoms with E-state index in [2.05, 4.69) is 103 Å². The molecule has 0 saturated carbocycles. The maximum atomic E-state index is 6.16. The molecule has 0 radical (unpaired) electrons. The highest BCUT2D eigenvalue weighted by molar-refractivity contribution is 6.19. The average Bonchev–Trinajstić information content (AvgIpc) is 3.19. The normalized spacial score (nSPS) is 11.5. The van der Waals surface area contributed by atoms with Crippen LogP contribution in [0.25, 0.3) is 43.8 Å². The second-order valence-electron chi connectivity index (χ2n) is 7.75. The highest BCUT2D eigenvalue weighted by atomic mass is 16.3. The van der Waals surface area contributed by atoms with Crippen LogP contribution in [-0.4, -0.2) is 0 Å². The molecule has 5 aromatic carbocycles. The lowest BCUT2D eigenvalue weighted by atomic mass is 9.91. The molecule has 30 heavy (non-hydrogen) atoms. The van der Waals surface area contributed by atoms with Crippen molar-refractivity contribution in [1.82, 2.24) is 0 Å². The molecule has 0 aliphatic carbocycles. The fourth-order valence-corrected chi connectivity index (χ4v) is 4.60. The lowest BCUT2D eigenvalue weighted by Gasteiger charge is -2.12. The Kier molecular flexibility index (Phi) is 3.92. The highest BCUT2D eigenvalue weighted by Gasteiger charge is 2.14. The monoisotopic (exact) mass is 384 g/mol. The zero-order valence-corrected chi connectivity index (χ0v) is 16.5. The van der Waals surface area contributed by atoms with Gasteiger partial charge in [-0.3, -0.25) is 0 Å². The Hall–Kier alpha value is -3.84. The predicted molar refractivity (Wildman–Crippen MR) is 126 cm³/mol. The van der Waals surface area contributed by atoms with Crippen molar-refractivity contribution in [2.24, 2.45) is 0 Å². The predicted octanol–water partition coefficient (Wildman–Crippen LogP) is 8.00. The molecule has 0 bridgehead atoms. The minimum Gasteiger partial charge on any atom is -0.456 e. The number of hydrogen-bond acceptors (Lipinski definition) is 1. The molecule has 1 aromatic heterocycles. The summed E-state index contributed by atoms with van der Waals surface area (Å²) in [6, 6.07) is 38.6. The minimum absolute atomic E-state index is 0.876. The van der Waals surface area contributed by atoms with E-state index >= 15 is 0 Å². The van der Waals surface area contributed by atoms with Crippen LogP contribution in [0.1, 0.15) is 11.1 Å². The second kappa shape index (κ2) is 6.89. The van der Waals surface area contributed by atoms with Crippen molar-refractivity contribution < 1.29 is 4.42 Å². The molecule has 142 valence electrons. The SMILES string of the molecule is c1ccc(-c2ccccc2Cc2cccc3ccc4oc5ccccc5c4c23)cc1. The van der Waals surface area contributed by atoms with Gasteiger partial charge in [0.05, 0.1) is 0 Å². The maximum absolute atomic E-state index is 6.16. The van der Waals surface area contributed by atoms with Gasteiger partial charge < -0.3 is 4.42 Å². The van der Waals surface area contributed by atoms with Crippen molar-refractivity contribution >= 4 is 32.7 Å². The van der Waals surface area contributed by atoms with Gasteiger partial charge in [0, 0.05) is 10.8 Å². The number of hydrogen-bond donors (Lipinski definition) is 0. The summed E-state index contributed by atoms with van der Waals surface area (Å²) in [5.41, 5.74) is 7.10. The van der Waals surface area contributed by atoms with Crippen LogP contribution in [-0.2, 0) is 6.42 Å². The number of fused-ring (bicyclic) bond motifs is 5. The molecule has 0 amide bonds. The molecule has 1 nitrogen and oxygen atoms in total. The summed E-state index contributed by atoms with van der Waals surface area (Å²) in [7, 11) is 0. The van der Waals surface area contributed by atoms with Crippen molar-refractivity contribution in [3.63, 3.8) is 0 Å². The standard InChI is InChI=1S/C29H20O/c1-2-9-20(10-3-1)24-14-5-4-11-22(24)19-23-13-8-12-21-17-18-27-29(28(21)23)25-15-6-7-16-26(25)30-27/h1-18H,19H2. The van der Waals surface area contributed by atoms with Crippen molar-refractivity contribution in [3.05, 3.63) is 120 Å². The first-order valence-electron chi connectivity index (χ1n) is 10.3. The Labute approximate surface area is 175 Å². The first kappa shape index (κ1) is 17.1. The Morgan fingerprint density at radius 3 is 2.20 bits per heavy atom. The van der Waals surface area contributed by atoms with Crippen LogP contribution in [0, 0.1) is 0 Å². The second-order valence-corrected chi connectivity index (χ2v) is 7.75. The van der Waals surface area contributed by atoms with E-state index in [1.165, 1.54) is 43.8 Å². The van der Waals surface area contributed by atoms with Gasteiger partial charge in [-0.15, -0.1) is 0 Å². The molecule has 0 saturated heterocycles. The molecule has 0 atom stereocenters. The fraction of sp³-hybridized carbons (Fsp3) is 0.0345. The van der Waals surface area contributed by atoms with E-state index in [4.69, 9.17) is 4.42 Å². The van der Waals surface area contributed by atoms with Crippen LogP contribution < -0.4 is 0 Å². The molecule has 0 aliphatic rings. The maximum Gasteiger partial charge on any atom is 0.136 e.